The predicted molar refractivity (Wildman–Crippen MR) is 111 cm³/mol. The van der Waals surface area contributed by atoms with Gasteiger partial charge in [0.1, 0.15) is 17.5 Å². The normalized spacial score (nSPS) is 11.7. The molecule has 0 spiro atoms. The Bertz CT molecular complexity index is 853. The Morgan fingerprint density at radius 2 is 1.93 bits per heavy atom. The third-order valence-electron chi connectivity index (χ3n) is 3.74. The molecular weight excluding hydrogens is 426 g/mol. The summed E-state index contributed by atoms with van der Waals surface area (Å²) in [6.07, 6.45) is 1.51. The molecular formula is C20H22BrN3O4. The second kappa shape index (κ2) is 10.5. The fourth-order valence-electron chi connectivity index (χ4n) is 2.23. The molecule has 0 aliphatic carbocycles. The van der Waals surface area contributed by atoms with Crippen LogP contribution >= 0.6 is 15.9 Å². The van der Waals surface area contributed by atoms with Crippen LogP contribution in [-0.4, -0.2) is 37.8 Å². The van der Waals surface area contributed by atoms with Crippen molar-refractivity contribution < 1.29 is 19.1 Å². The maximum absolute atomic E-state index is 12.2. The Morgan fingerprint density at radius 3 is 2.54 bits per heavy atom. The number of ether oxygens (including phenoxy) is 2. The highest BCUT2D eigenvalue weighted by atomic mass is 79.9. The van der Waals surface area contributed by atoms with Crippen LogP contribution in [0.25, 0.3) is 0 Å². The molecule has 0 fully saturated rings. The zero-order valence-corrected chi connectivity index (χ0v) is 17.4. The number of carbonyl (C=O) groups is 2. The van der Waals surface area contributed by atoms with Crippen LogP contribution in [0.4, 0.5) is 0 Å². The molecule has 28 heavy (non-hydrogen) atoms. The van der Waals surface area contributed by atoms with Crippen LogP contribution in [0.1, 0.15) is 29.8 Å². The lowest BCUT2D eigenvalue weighted by molar-refractivity contribution is -0.122. The van der Waals surface area contributed by atoms with Crippen molar-refractivity contribution in [1.29, 1.82) is 0 Å². The highest BCUT2D eigenvalue weighted by Gasteiger charge is 2.16. The zero-order chi connectivity index (χ0) is 20.5. The van der Waals surface area contributed by atoms with Crippen molar-refractivity contribution >= 4 is 34.0 Å². The summed E-state index contributed by atoms with van der Waals surface area (Å²) in [5.41, 5.74) is 3.63. The molecule has 148 valence electrons. The summed E-state index contributed by atoms with van der Waals surface area (Å²) in [4.78, 5) is 24.3. The van der Waals surface area contributed by atoms with Gasteiger partial charge in [-0.05, 0) is 77.8 Å². The van der Waals surface area contributed by atoms with E-state index >= 15 is 0 Å². The Morgan fingerprint density at radius 1 is 1.21 bits per heavy atom. The van der Waals surface area contributed by atoms with E-state index in [1.54, 1.807) is 38.3 Å². The fourth-order valence-corrected chi connectivity index (χ4v) is 2.74. The highest BCUT2D eigenvalue weighted by molar-refractivity contribution is 9.10. The number of halogens is 1. The Balaban J connectivity index is 1.88. The van der Waals surface area contributed by atoms with E-state index in [1.165, 1.54) is 6.21 Å². The molecule has 0 heterocycles. The molecule has 0 aromatic heterocycles. The van der Waals surface area contributed by atoms with E-state index in [9.17, 15) is 9.59 Å². The van der Waals surface area contributed by atoms with Crippen molar-refractivity contribution in [2.45, 2.75) is 19.9 Å². The van der Waals surface area contributed by atoms with Crippen LogP contribution in [-0.2, 0) is 4.79 Å². The first kappa shape index (κ1) is 21.4. The topological polar surface area (TPSA) is 89.0 Å². The molecule has 2 rings (SSSR count). The minimum atomic E-state index is -0.751. The van der Waals surface area contributed by atoms with Crippen molar-refractivity contribution in [2.24, 2.45) is 5.10 Å². The summed E-state index contributed by atoms with van der Waals surface area (Å²) in [5.74, 6) is 0.601. The van der Waals surface area contributed by atoms with Crippen molar-refractivity contribution in [1.82, 2.24) is 10.7 Å². The molecule has 0 aliphatic heterocycles. The number of benzene rings is 2. The molecule has 2 N–H and O–H groups in total. The van der Waals surface area contributed by atoms with Gasteiger partial charge in [0.15, 0.2) is 0 Å². The molecule has 2 amide bonds. The lowest BCUT2D eigenvalue weighted by atomic mass is 10.2. The second-order valence-corrected chi connectivity index (χ2v) is 6.64. The van der Waals surface area contributed by atoms with E-state index in [0.717, 1.165) is 15.8 Å². The van der Waals surface area contributed by atoms with E-state index in [2.05, 4.69) is 31.8 Å². The lowest BCUT2D eigenvalue weighted by Gasteiger charge is -2.12. The number of methoxy groups -OCH3 is 1. The van der Waals surface area contributed by atoms with Crippen LogP contribution in [0.15, 0.2) is 52.0 Å². The molecule has 0 aliphatic rings. The molecule has 7 nitrogen and oxygen atoms in total. The monoisotopic (exact) mass is 447 g/mol. The number of nitrogens with one attached hydrogen (secondary N) is 2. The van der Waals surface area contributed by atoms with Crippen molar-refractivity contribution in [3.63, 3.8) is 0 Å². The number of rotatable bonds is 8. The van der Waals surface area contributed by atoms with Gasteiger partial charge in [0.2, 0.25) is 0 Å². The molecule has 2 aromatic rings. The molecule has 2 aromatic carbocycles. The van der Waals surface area contributed by atoms with Gasteiger partial charge in [0.05, 0.1) is 24.4 Å². The number of hydrazone groups is 1. The van der Waals surface area contributed by atoms with Crippen LogP contribution in [0.3, 0.4) is 0 Å². The fraction of sp³-hybridized carbons (Fsp3) is 0.250. The third kappa shape index (κ3) is 6.09. The van der Waals surface area contributed by atoms with Crippen molar-refractivity contribution in [3.8, 4) is 11.5 Å². The molecule has 0 saturated heterocycles. The van der Waals surface area contributed by atoms with Gasteiger partial charge >= 0.3 is 0 Å². The first-order valence-electron chi connectivity index (χ1n) is 8.64. The Labute approximate surface area is 172 Å². The maximum atomic E-state index is 12.2. The number of amides is 2. The Kier molecular flexibility index (Phi) is 8.01. The van der Waals surface area contributed by atoms with Gasteiger partial charge in [0.25, 0.3) is 11.8 Å². The third-order valence-corrected chi connectivity index (χ3v) is 4.36. The van der Waals surface area contributed by atoms with E-state index in [-0.39, 0.29) is 5.91 Å². The standard InChI is InChI=1S/C20H22BrN3O4/c1-4-28-18-10-5-14(11-17(18)21)12-22-24-19(25)13(2)23-20(26)15-6-8-16(27-3)9-7-15/h5-13H,4H2,1-3H3,(H,23,26)(H,24,25). The molecule has 1 atom stereocenters. The van der Waals surface area contributed by atoms with Gasteiger partial charge in [-0.3, -0.25) is 9.59 Å². The van der Waals surface area contributed by atoms with Crippen LogP contribution < -0.4 is 20.2 Å². The summed E-state index contributed by atoms with van der Waals surface area (Å²) in [5, 5.41) is 6.55. The quantitative estimate of drug-likeness (QED) is 0.480. The number of carbonyl (C=O) groups excluding carboxylic acids is 2. The minimum absolute atomic E-state index is 0.357. The summed E-state index contributed by atoms with van der Waals surface area (Å²) < 4.78 is 11.3. The van der Waals surface area contributed by atoms with E-state index in [0.29, 0.717) is 17.9 Å². The number of hydrogen-bond acceptors (Lipinski definition) is 5. The maximum Gasteiger partial charge on any atom is 0.262 e. The highest BCUT2D eigenvalue weighted by Crippen LogP contribution is 2.25. The number of hydrogen-bond donors (Lipinski definition) is 2. The molecule has 0 radical (unpaired) electrons. The van der Waals surface area contributed by atoms with Crippen LogP contribution in [0.5, 0.6) is 11.5 Å². The summed E-state index contributed by atoms with van der Waals surface area (Å²) in [7, 11) is 1.55. The molecule has 0 bridgehead atoms. The van der Waals surface area contributed by atoms with Gasteiger partial charge in [-0.15, -0.1) is 0 Å². The van der Waals surface area contributed by atoms with E-state index < -0.39 is 11.9 Å². The zero-order valence-electron chi connectivity index (χ0n) is 15.9. The summed E-state index contributed by atoms with van der Waals surface area (Å²) in [6, 6.07) is 11.3. The first-order valence-corrected chi connectivity index (χ1v) is 9.44. The predicted octanol–water partition coefficient (Wildman–Crippen LogP) is 3.13. The summed E-state index contributed by atoms with van der Waals surface area (Å²) in [6.45, 7) is 4.06. The average molecular weight is 448 g/mol. The first-order chi connectivity index (χ1) is 13.4. The summed E-state index contributed by atoms with van der Waals surface area (Å²) >= 11 is 3.42. The molecule has 1 unspecified atom stereocenters. The van der Waals surface area contributed by atoms with Gasteiger partial charge in [-0.2, -0.15) is 5.10 Å². The SMILES string of the molecule is CCOc1ccc(C=NNC(=O)C(C)NC(=O)c2ccc(OC)cc2)cc1Br. The largest absolute Gasteiger partial charge is 0.497 e. The van der Waals surface area contributed by atoms with Gasteiger partial charge in [-0.25, -0.2) is 5.43 Å². The van der Waals surface area contributed by atoms with Crippen molar-refractivity contribution in [3.05, 3.63) is 58.1 Å². The van der Waals surface area contributed by atoms with Gasteiger partial charge < -0.3 is 14.8 Å². The van der Waals surface area contributed by atoms with Crippen LogP contribution in [0.2, 0.25) is 0 Å². The molecule has 0 saturated carbocycles. The molecule has 8 heteroatoms. The van der Waals surface area contributed by atoms with Crippen LogP contribution in [0, 0.1) is 0 Å². The Hall–Kier alpha value is -2.87. The smallest absolute Gasteiger partial charge is 0.262 e. The minimum Gasteiger partial charge on any atom is -0.497 e. The second-order valence-electron chi connectivity index (χ2n) is 5.78. The van der Waals surface area contributed by atoms with Gasteiger partial charge in [0, 0.05) is 5.56 Å². The lowest BCUT2D eigenvalue weighted by Crippen LogP contribution is -2.43. The van der Waals surface area contributed by atoms with Crippen molar-refractivity contribution in [2.75, 3.05) is 13.7 Å². The van der Waals surface area contributed by atoms with E-state index in [1.807, 2.05) is 25.1 Å². The van der Waals surface area contributed by atoms with E-state index in [4.69, 9.17) is 9.47 Å². The average Bonchev–Trinajstić information content (AvgIpc) is 2.70. The van der Waals surface area contributed by atoms with Gasteiger partial charge in [-0.1, -0.05) is 0 Å². The number of nitrogens with zero attached hydrogens (tertiary/aromatic N) is 1.